The molecule has 0 aliphatic carbocycles. The molecule has 0 unspecified atom stereocenters. The van der Waals surface area contributed by atoms with Gasteiger partial charge < -0.3 is 4.74 Å². The molecule has 2 aromatic carbocycles. The van der Waals surface area contributed by atoms with E-state index in [1.165, 1.54) is 11.1 Å². The Labute approximate surface area is 169 Å². The molecule has 0 fully saturated rings. The van der Waals surface area contributed by atoms with E-state index < -0.39 is 16.2 Å². The molecule has 0 saturated heterocycles. The van der Waals surface area contributed by atoms with Crippen LogP contribution in [0.5, 0.6) is 5.75 Å². The van der Waals surface area contributed by atoms with Crippen molar-refractivity contribution in [1.82, 2.24) is 8.28 Å². The standard InChI is InChI=1S/C21H21N3O4S/c1-16-5-7-18(8-6-16)15-24-21(25)22(14-17-9-11-19(28-2)12-10-17)20-4-3-13-23(20)29(24,26)27/h3-13H,14-15H2,1-2H3. The number of fused-ring (bicyclic) bond motifs is 1. The maximum atomic E-state index is 13.2. The third-order valence-corrected chi connectivity index (χ3v) is 6.54. The number of ether oxygens (including phenoxy) is 1. The van der Waals surface area contributed by atoms with Gasteiger partial charge in [-0.15, -0.1) is 0 Å². The molecule has 0 radical (unpaired) electrons. The number of aromatic nitrogens is 1. The van der Waals surface area contributed by atoms with Gasteiger partial charge in [0.25, 0.3) is 0 Å². The Morgan fingerprint density at radius 1 is 0.897 bits per heavy atom. The number of carbonyl (C=O) groups excluding carboxylic acids is 1. The van der Waals surface area contributed by atoms with Gasteiger partial charge in [0.15, 0.2) is 0 Å². The molecule has 3 aromatic rings. The van der Waals surface area contributed by atoms with Crippen LogP contribution in [0.1, 0.15) is 16.7 Å². The molecule has 0 N–H and O–H groups in total. The van der Waals surface area contributed by atoms with E-state index in [9.17, 15) is 13.2 Å². The molecule has 0 atom stereocenters. The summed E-state index contributed by atoms with van der Waals surface area (Å²) in [5, 5.41) is 0. The van der Waals surface area contributed by atoms with Gasteiger partial charge in [-0.05, 0) is 42.3 Å². The smallest absolute Gasteiger partial charge is 0.341 e. The van der Waals surface area contributed by atoms with Gasteiger partial charge in [0.2, 0.25) is 0 Å². The molecular weight excluding hydrogens is 390 g/mol. The number of urea groups is 1. The monoisotopic (exact) mass is 411 g/mol. The van der Waals surface area contributed by atoms with E-state index in [4.69, 9.17) is 4.74 Å². The molecule has 29 heavy (non-hydrogen) atoms. The minimum atomic E-state index is -3.99. The first-order valence-corrected chi connectivity index (χ1v) is 10.5. The zero-order chi connectivity index (χ0) is 20.6. The van der Waals surface area contributed by atoms with Crippen LogP contribution in [0.2, 0.25) is 0 Å². The van der Waals surface area contributed by atoms with Gasteiger partial charge in [-0.2, -0.15) is 12.7 Å². The average Bonchev–Trinajstić information content (AvgIpc) is 3.21. The Bertz CT molecular complexity index is 1140. The summed E-state index contributed by atoms with van der Waals surface area (Å²) in [7, 11) is -2.41. The van der Waals surface area contributed by atoms with E-state index in [0.29, 0.717) is 11.6 Å². The highest BCUT2D eigenvalue weighted by molar-refractivity contribution is 7.88. The van der Waals surface area contributed by atoms with Crippen molar-refractivity contribution < 1.29 is 17.9 Å². The largest absolute Gasteiger partial charge is 0.497 e. The fourth-order valence-corrected chi connectivity index (χ4v) is 4.71. The second-order valence-corrected chi connectivity index (χ2v) is 8.61. The molecule has 1 aliphatic rings. The van der Waals surface area contributed by atoms with Crippen LogP contribution in [0, 0.1) is 6.92 Å². The molecule has 2 heterocycles. The number of benzene rings is 2. The third-order valence-electron chi connectivity index (χ3n) is 4.89. The summed E-state index contributed by atoms with van der Waals surface area (Å²) in [5.41, 5.74) is 2.67. The number of methoxy groups -OCH3 is 1. The highest BCUT2D eigenvalue weighted by atomic mass is 32.2. The van der Waals surface area contributed by atoms with Crippen LogP contribution in [0.4, 0.5) is 10.6 Å². The molecule has 0 spiro atoms. The number of hydrogen-bond donors (Lipinski definition) is 0. The molecule has 4 rings (SSSR count). The maximum absolute atomic E-state index is 13.2. The summed E-state index contributed by atoms with van der Waals surface area (Å²) in [6.45, 7) is 2.17. The summed E-state index contributed by atoms with van der Waals surface area (Å²) in [4.78, 5) is 14.7. The second-order valence-electron chi connectivity index (χ2n) is 6.88. The van der Waals surface area contributed by atoms with Gasteiger partial charge in [-0.3, -0.25) is 4.90 Å². The van der Waals surface area contributed by atoms with E-state index >= 15 is 0 Å². The molecule has 150 valence electrons. The first kappa shape index (κ1) is 19.1. The lowest BCUT2D eigenvalue weighted by molar-refractivity contribution is 0.225. The number of aryl methyl sites for hydroxylation is 1. The second kappa shape index (κ2) is 7.29. The summed E-state index contributed by atoms with van der Waals surface area (Å²) in [6.07, 6.45) is 1.46. The number of rotatable bonds is 5. The molecule has 8 heteroatoms. The van der Waals surface area contributed by atoms with Gasteiger partial charge in [-0.1, -0.05) is 42.0 Å². The average molecular weight is 411 g/mol. The summed E-state index contributed by atoms with van der Waals surface area (Å²) in [6, 6.07) is 17.5. The lowest BCUT2D eigenvalue weighted by Gasteiger charge is -2.36. The van der Waals surface area contributed by atoms with Crippen LogP contribution < -0.4 is 9.64 Å². The van der Waals surface area contributed by atoms with E-state index in [0.717, 1.165) is 25.0 Å². The Balaban J connectivity index is 1.70. The van der Waals surface area contributed by atoms with Crippen molar-refractivity contribution in [1.29, 1.82) is 0 Å². The minimum Gasteiger partial charge on any atom is -0.497 e. The predicted molar refractivity (Wildman–Crippen MR) is 110 cm³/mol. The highest BCUT2D eigenvalue weighted by Crippen LogP contribution is 2.30. The van der Waals surface area contributed by atoms with Crippen molar-refractivity contribution in [2.45, 2.75) is 20.0 Å². The van der Waals surface area contributed by atoms with Crippen LogP contribution >= 0.6 is 0 Å². The SMILES string of the molecule is COc1ccc(CN2C(=O)N(Cc3ccc(C)cc3)S(=O)(=O)n3cccc32)cc1. The quantitative estimate of drug-likeness (QED) is 0.644. The molecular formula is C21H21N3O4S. The molecule has 7 nitrogen and oxygen atoms in total. The Kier molecular flexibility index (Phi) is 4.79. The fourth-order valence-electron chi connectivity index (χ4n) is 3.27. The first-order valence-electron chi connectivity index (χ1n) is 9.11. The van der Waals surface area contributed by atoms with Crippen molar-refractivity contribution in [3.05, 3.63) is 83.6 Å². The van der Waals surface area contributed by atoms with E-state index in [2.05, 4.69) is 0 Å². The van der Waals surface area contributed by atoms with Crippen molar-refractivity contribution in [2.75, 3.05) is 12.0 Å². The highest BCUT2D eigenvalue weighted by Gasteiger charge is 2.40. The van der Waals surface area contributed by atoms with Crippen LogP contribution in [0.3, 0.4) is 0 Å². The molecule has 0 bridgehead atoms. The Morgan fingerprint density at radius 3 is 2.17 bits per heavy atom. The van der Waals surface area contributed by atoms with Crippen molar-refractivity contribution in [3.63, 3.8) is 0 Å². The number of hydrogen-bond acceptors (Lipinski definition) is 4. The predicted octanol–water partition coefficient (Wildman–Crippen LogP) is 3.54. The fraction of sp³-hybridized carbons (Fsp3) is 0.190. The Hall–Kier alpha value is -3.26. The maximum Gasteiger partial charge on any atom is 0.341 e. The zero-order valence-corrected chi connectivity index (χ0v) is 17.0. The van der Waals surface area contributed by atoms with E-state index in [1.54, 1.807) is 19.2 Å². The first-order chi connectivity index (χ1) is 13.9. The van der Waals surface area contributed by atoms with Gasteiger partial charge in [0.1, 0.15) is 11.6 Å². The van der Waals surface area contributed by atoms with Crippen molar-refractivity contribution >= 4 is 22.1 Å². The van der Waals surface area contributed by atoms with Gasteiger partial charge >= 0.3 is 16.2 Å². The molecule has 1 aliphatic heterocycles. The Morgan fingerprint density at radius 2 is 1.52 bits per heavy atom. The van der Waals surface area contributed by atoms with Crippen LogP contribution in [0.25, 0.3) is 0 Å². The number of carbonyl (C=O) groups is 1. The van der Waals surface area contributed by atoms with Crippen LogP contribution in [-0.2, 0) is 23.3 Å². The summed E-state index contributed by atoms with van der Waals surface area (Å²) in [5.74, 6) is 1.04. The van der Waals surface area contributed by atoms with Gasteiger partial charge in [0.05, 0.1) is 20.2 Å². The molecule has 2 amide bonds. The molecule has 0 saturated carbocycles. The normalized spacial score (nSPS) is 15.3. The van der Waals surface area contributed by atoms with E-state index in [-0.39, 0.29) is 13.1 Å². The van der Waals surface area contributed by atoms with Crippen LogP contribution in [0.15, 0.2) is 66.9 Å². The van der Waals surface area contributed by atoms with Crippen molar-refractivity contribution in [2.24, 2.45) is 0 Å². The van der Waals surface area contributed by atoms with Gasteiger partial charge in [-0.25, -0.2) is 8.77 Å². The summed E-state index contributed by atoms with van der Waals surface area (Å²) < 4.78 is 33.3. The number of anilines is 1. The topological polar surface area (TPSA) is 71.8 Å². The van der Waals surface area contributed by atoms with Crippen LogP contribution in [-0.4, -0.2) is 29.8 Å². The summed E-state index contributed by atoms with van der Waals surface area (Å²) >= 11 is 0. The zero-order valence-electron chi connectivity index (χ0n) is 16.1. The lowest BCUT2D eigenvalue weighted by atomic mass is 10.1. The minimum absolute atomic E-state index is 0.0296. The van der Waals surface area contributed by atoms with Gasteiger partial charge in [0, 0.05) is 6.20 Å². The number of amides is 2. The third kappa shape index (κ3) is 3.47. The number of nitrogens with zero attached hydrogens (tertiary/aromatic N) is 3. The van der Waals surface area contributed by atoms with Crippen molar-refractivity contribution in [3.8, 4) is 5.75 Å². The van der Waals surface area contributed by atoms with E-state index in [1.807, 2.05) is 55.5 Å². The lowest BCUT2D eigenvalue weighted by Crippen LogP contribution is -2.52. The molecule has 1 aromatic heterocycles.